The van der Waals surface area contributed by atoms with Gasteiger partial charge in [-0.2, -0.15) is 0 Å². The third-order valence-electron chi connectivity index (χ3n) is 5.29. The molecule has 0 radical (unpaired) electrons. The molecule has 0 aromatic heterocycles. The molecule has 0 aliphatic heterocycles. The van der Waals surface area contributed by atoms with E-state index in [2.05, 4.69) is 12.2 Å². The Balaban J connectivity index is 1.72. The van der Waals surface area contributed by atoms with Crippen LogP contribution in [0.15, 0.2) is 72.8 Å². The highest BCUT2D eigenvalue weighted by atomic mass is 35.5. The van der Waals surface area contributed by atoms with Crippen molar-refractivity contribution in [2.24, 2.45) is 0 Å². The van der Waals surface area contributed by atoms with E-state index in [1.165, 1.54) is 11.4 Å². The van der Waals surface area contributed by atoms with Crippen LogP contribution >= 0.6 is 11.6 Å². The molecule has 0 bridgehead atoms. The fourth-order valence-corrected chi connectivity index (χ4v) is 4.46. The molecule has 1 atom stereocenters. The number of rotatable bonds is 9. The molecule has 33 heavy (non-hydrogen) atoms. The van der Waals surface area contributed by atoms with Crippen LogP contribution in [0, 0.1) is 0 Å². The van der Waals surface area contributed by atoms with Gasteiger partial charge < -0.3 is 10.1 Å². The molecule has 0 saturated heterocycles. The second kappa shape index (κ2) is 10.7. The highest BCUT2D eigenvalue weighted by Gasteiger charge is 2.22. The third-order valence-corrected chi connectivity index (χ3v) is 6.65. The zero-order valence-corrected chi connectivity index (χ0v) is 20.4. The lowest BCUT2D eigenvalue weighted by molar-refractivity contribution is 0.0951. The van der Waals surface area contributed by atoms with Crippen molar-refractivity contribution in [2.45, 2.75) is 19.4 Å². The number of hydrogen-bond donors (Lipinski definition) is 1. The van der Waals surface area contributed by atoms with Crippen LogP contribution in [0.1, 0.15) is 34.3 Å². The van der Waals surface area contributed by atoms with Crippen molar-refractivity contribution in [3.63, 3.8) is 0 Å². The number of carbonyl (C=O) groups is 1. The number of nitrogens with one attached hydrogen (secondary N) is 1. The van der Waals surface area contributed by atoms with Gasteiger partial charge in [0.2, 0.25) is 10.0 Å². The number of nitrogens with zero attached hydrogens (tertiary/aromatic N) is 1. The van der Waals surface area contributed by atoms with Crippen molar-refractivity contribution in [1.29, 1.82) is 0 Å². The van der Waals surface area contributed by atoms with Crippen LogP contribution in [0.5, 0.6) is 5.75 Å². The standard InChI is InChI=1S/C25H27ClN2O4S/c1-18(20-7-5-4-6-8-20)16-27-25(29)21-11-9-19(10-12-21)17-28(33(3,30)31)23-15-22(26)13-14-24(23)32-2/h4-15,18H,16-17H2,1-3H3,(H,27,29)/t18-/m1/s1. The summed E-state index contributed by atoms with van der Waals surface area (Å²) in [7, 11) is -2.15. The molecular weight excluding hydrogens is 460 g/mol. The lowest BCUT2D eigenvalue weighted by Crippen LogP contribution is -2.30. The molecule has 0 aliphatic carbocycles. The maximum atomic E-state index is 12.6. The molecule has 174 valence electrons. The quantitative estimate of drug-likeness (QED) is 0.469. The maximum absolute atomic E-state index is 12.6. The van der Waals surface area contributed by atoms with Gasteiger partial charge >= 0.3 is 0 Å². The first-order valence-electron chi connectivity index (χ1n) is 10.4. The summed E-state index contributed by atoms with van der Waals surface area (Å²) < 4.78 is 31.6. The molecule has 3 aromatic carbocycles. The van der Waals surface area contributed by atoms with E-state index in [1.54, 1.807) is 42.5 Å². The van der Waals surface area contributed by atoms with Gasteiger partial charge in [-0.1, -0.05) is 61.0 Å². The normalized spacial score (nSPS) is 12.1. The summed E-state index contributed by atoms with van der Waals surface area (Å²) in [5.41, 5.74) is 2.73. The molecule has 8 heteroatoms. The van der Waals surface area contributed by atoms with Crippen LogP contribution in [0.4, 0.5) is 5.69 Å². The van der Waals surface area contributed by atoms with E-state index in [4.69, 9.17) is 16.3 Å². The lowest BCUT2D eigenvalue weighted by Gasteiger charge is -2.24. The summed E-state index contributed by atoms with van der Waals surface area (Å²) in [5, 5.41) is 3.35. The summed E-state index contributed by atoms with van der Waals surface area (Å²) in [6.45, 7) is 2.64. The predicted molar refractivity (Wildman–Crippen MR) is 133 cm³/mol. The molecule has 0 aliphatic rings. The smallest absolute Gasteiger partial charge is 0.251 e. The van der Waals surface area contributed by atoms with Crippen LogP contribution in [0.3, 0.4) is 0 Å². The Hall–Kier alpha value is -3.03. The van der Waals surface area contributed by atoms with E-state index in [9.17, 15) is 13.2 Å². The van der Waals surface area contributed by atoms with Crippen molar-refractivity contribution < 1.29 is 17.9 Å². The Morgan fingerprint density at radius 1 is 1.06 bits per heavy atom. The van der Waals surface area contributed by atoms with E-state index in [0.29, 0.717) is 28.6 Å². The molecular formula is C25H27ClN2O4S. The fraction of sp³-hybridized carbons (Fsp3) is 0.240. The van der Waals surface area contributed by atoms with Gasteiger partial charge in [-0.15, -0.1) is 0 Å². The minimum atomic E-state index is -3.62. The van der Waals surface area contributed by atoms with E-state index in [-0.39, 0.29) is 18.4 Å². The molecule has 0 unspecified atom stereocenters. The molecule has 1 N–H and O–H groups in total. The number of anilines is 1. The molecule has 0 spiro atoms. The zero-order valence-electron chi connectivity index (χ0n) is 18.8. The fourth-order valence-electron chi connectivity index (χ4n) is 3.41. The summed E-state index contributed by atoms with van der Waals surface area (Å²) in [6.07, 6.45) is 1.13. The average molecular weight is 487 g/mol. The van der Waals surface area contributed by atoms with E-state index in [0.717, 1.165) is 17.4 Å². The molecule has 3 rings (SSSR count). The van der Waals surface area contributed by atoms with Crippen LogP contribution in [-0.4, -0.2) is 34.2 Å². The van der Waals surface area contributed by atoms with Crippen molar-refractivity contribution in [3.05, 3.63) is 94.5 Å². The number of amides is 1. The van der Waals surface area contributed by atoms with Gasteiger partial charge in [0, 0.05) is 17.1 Å². The Bertz CT molecular complexity index is 1200. The number of halogens is 1. The summed E-state index contributed by atoms with van der Waals surface area (Å²) in [6, 6.07) is 21.7. The third kappa shape index (κ3) is 6.49. The van der Waals surface area contributed by atoms with Crippen LogP contribution in [-0.2, 0) is 16.6 Å². The first kappa shape index (κ1) is 24.6. The molecule has 3 aromatic rings. The Labute approximate surface area is 200 Å². The monoisotopic (exact) mass is 486 g/mol. The summed E-state index contributed by atoms with van der Waals surface area (Å²) in [5.74, 6) is 0.402. The number of hydrogen-bond acceptors (Lipinski definition) is 4. The Morgan fingerprint density at radius 2 is 1.73 bits per heavy atom. The summed E-state index contributed by atoms with van der Waals surface area (Å²) >= 11 is 6.10. The van der Waals surface area contributed by atoms with Crippen LogP contribution < -0.4 is 14.4 Å². The van der Waals surface area contributed by atoms with Gasteiger partial charge in [-0.25, -0.2) is 8.42 Å². The van der Waals surface area contributed by atoms with Crippen molar-refractivity contribution >= 4 is 33.2 Å². The first-order chi connectivity index (χ1) is 15.7. The van der Waals surface area contributed by atoms with Gasteiger partial charge in [-0.3, -0.25) is 9.10 Å². The van der Waals surface area contributed by atoms with E-state index < -0.39 is 10.0 Å². The maximum Gasteiger partial charge on any atom is 0.251 e. The second-order valence-corrected chi connectivity index (χ2v) is 10.1. The Kier molecular flexibility index (Phi) is 8.00. The molecule has 0 saturated carbocycles. The van der Waals surface area contributed by atoms with E-state index >= 15 is 0 Å². The molecule has 6 nitrogen and oxygen atoms in total. The number of carbonyl (C=O) groups excluding carboxylic acids is 1. The molecule has 1 amide bonds. The number of benzene rings is 3. The first-order valence-corrected chi connectivity index (χ1v) is 12.6. The SMILES string of the molecule is COc1ccc(Cl)cc1N(Cc1ccc(C(=O)NC[C@@H](C)c2ccccc2)cc1)S(C)(=O)=O. The predicted octanol–water partition coefficient (Wildman–Crippen LogP) is 4.85. The van der Waals surface area contributed by atoms with Gasteiger partial charge in [-0.05, 0) is 47.4 Å². The second-order valence-electron chi connectivity index (χ2n) is 7.80. The van der Waals surface area contributed by atoms with Crippen LogP contribution in [0.2, 0.25) is 5.02 Å². The topological polar surface area (TPSA) is 75.7 Å². The average Bonchev–Trinajstić information content (AvgIpc) is 2.81. The largest absolute Gasteiger partial charge is 0.495 e. The highest BCUT2D eigenvalue weighted by Crippen LogP contribution is 2.33. The van der Waals surface area contributed by atoms with Crippen molar-refractivity contribution in [3.8, 4) is 5.75 Å². The lowest BCUT2D eigenvalue weighted by atomic mass is 10.0. The van der Waals surface area contributed by atoms with Crippen molar-refractivity contribution in [1.82, 2.24) is 5.32 Å². The summed E-state index contributed by atoms with van der Waals surface area (Å²) in [4.78, 5) is 12.6. The van der Waals surface area contributed by atoms with Gasteiger partial charge in [0.15, 0.2) is 0 Å². The van der Waals surface area contributed by atoms with Gasteiger partial charge in [0.05, 0.1) is 25.6 Å². The minimum Gasteiger partial charge on any atom is -0.495 e. The molecule has 0 heterocycles. The highest BCUT2D eigenvalue weighted by molar-refractivity contribution is 7.92. The molecule has 0 fully saturated rings. The Morgan fingerprint density at radius 3 is 2.33 bits per heavy atom. The number of ether oxygens (including phenoxy) is 1. The number of sulfonamides is 1. The van der Waals surface area contributed by atoms with Crippen molar-refractivity contribution in [2.75, 3.05) is 24.2 Å². The van der Waals surface area contributed by atoms with Gasteiger partial charge in [0.25, 0.3) is 5.91 Å². The van der Waals surface area contributed by atoms with Crippen LogP contribution in [0.25, 0.3) is 0 Å². The number of methoxy groups -OCH3 is 1. The van der Waals surface area contributed by atoms with Gasteiger partial charge in [0.1, 0.15) is 5.75 Å². The minimum absolute atomic E-state index is 0.0719. The zero-order chi connectivity index (χ0) is 24.0. The van der Waals surface area contributed by atoms with E-state index in [1.807, 2.05) is 30.3 Å².